The van der Waals surface area contributed by atoms with Crippen LogP contribution in [0.2, 0.25) is 0 Å². The Morgan fingerprint density at radius 3 is 2.28 bits per heavy atom. The Hall–Kier alpha value is -0.910. The van der Waals surface area contributed by atoms with Crippen molar-refractivity contribution in [1.82, 2.24) is 0 Å². The number of nitrogens with two attached hydrogens (primary N) is 1. The van der Waals surface area contributed by atoms with Crippen LogP contribution in [-0.4, -0.2) is 21.6 Å². The van der Waals surface area contributed by atoms with Crippen molar-refractivity contribution in [2.45, 2.75) is 37.5 Å². The van der Waals surface area contributed by atoms with Gasteiger partial charge >= 0.3 is 0 Å². The van der Waals surface area contributed by atoms with Gasteiger partial charge in [0.25, 0.3) is 10.1 Å². The summed E-state index contributed by atoms with van der Waals surface area (Å²) in [4.78, 5) is 0.218. The van der Waals surface area contributed by atoms with E-state index in [0.29, 0.717) is 6.54 Å². The number of hydrogen-bond donors (Lipinski definition) is 1. The summed E-state index contributed by atoms with van der Waals surface area (Å²) in [6, 6.07) is 6.66. The molecule has 0 fully saturated rings. The summed E-state index contributed by atoms with van der Waals surface area (Å²) >= 11 is 0. The monoisotopic (exact) mass is 271 g/mol. The van der Waals surface area contributed by atoms with Gasteiger partial charge in [-0.3, -0.25) is 4.18 Å². The van der Waals surface area contributed by atoms with E-state index in [9.17, 15) is 8.42 Å². The minimum absolute atomic E-state index is 0.218. The molecular weight excluding hydrogens is 250 g/mol. The van der Waals surface area contributed by atoms with Crippen molar-refractivity contribution in [2.75, 3.05) is 13.2 Å². The smallest absolute Gasteiger partial charge is 0.296 e. The first-order valence-electron chi connectivity index (χ1n) is 6.22. The van der Waals surface area contributed by atoms with Crippen molar-refractivity contribution < 1.29 is 12.6 Å². The predicted octanol–water partition coefficient (Wildman–Crippen LogP) is 2.22. The molecule has 0 saturated carbocycles. The van der Waals surface area contributed by atoms with Crippen molar-refractivity contribution in [3.05, 3.63) is 29.8 Å². The Morgan fingerprint density at radius 1 is 1.06 bits per heavy atom. The third kappa shape index (κ3) is 5.16. The normalized spacial score (nSPS) is 11.7. The van der Waals surface area contributed by atoms with Crippen LogP contribution in [-0.2, 0) is 14.3 Å². The number of rotatable bonds is 8. The van der Waals surface area contributed by atoms with Gasteiger partial charge in [0, 0.05) is 0 Å². The third-order valence-corrected chi connectivity index (χ3v) is 3.97. The zero-order valence-electron chi connectivity index (χ0n) is 10.8. The van der Waals surface area contributed by atoms with Gasteiger partial charge in [-0.2, -0.15) is 8.42 Å². The average molecular weight is 271 g/mol. The van der Waals surface area contributed by atoms with E-state index in [4.69, 9.17) is 9.92 Å². The molecule has 1 aromatic rings. The van der Waals surface area contributed by atoms with Crippen molar-refractivity contribution in [3.63, 3.8) is 0 Å². The Balaban J connectivity index is 2.38. The predicted molar refractivity (Wildman–Crippen MR) is 71.8 cm³/mol. The highest BCUT2D eigenvalue weighted by atomic mass is 32.2. The Bertz CT molecular complexity index is 440. The first-order valence-corrected chi connectivity index (χ1v) is 7.63. The summed E-state index contributed by atoms with van der Waals surface area (Å²) in [5.41, 5.74) is 6.40. The molecule has 0 bridgehead atoms. The van der Waals surface area contributed by atoms with Gasteiger partial charge in [0.1, 0.15) is 0 Å². The summed E-state index contributed by atoms with van der Waals surface area (Å²) in [5.74, 6) is 0. The van der Waals surface area contributed by atoms with Crippen LogP contribution in [0.1, 0.15) is 31.2 Å². The molecular formula is C13H21NO3S. The highest BCUT2D eigenvalue weighted by molar-refractivity contribution is 7.86. The van der Waals surface area contributed by atoms with E-state index >= 15 is 0 Å². The lowest BCUT2D eigenvalue weighted by Gasteiger charge is -2.05. The van der Waals surface area contributed by atoms with Crippen LogP contribution >= 0.6 is 0 Å². The molecule has 0 aliphatic carbocycles. The second-order valence-electron chi connectivity index (χ2n) is 4.29. The molecule has 4 nitrogen and oxygen atoms in total. The molecule has 0 aromatic heterocycles. The van der Waals surface area contributed by atoms with E-state index < -0.39 is 10.1 Å². The summed E-state index contributed by atoms with van der Waals surface area (Å²) < 4.78 is 28.6. The maximum absolute atomic E-state index is 11.8. The van der Waals surface area contributed by atoms with Gasteiger partial charge in [-0.25, -0.2) is 0 Å². The largest absolute Gasteiger partial charge is 0.330 e. The molecule has 0 unspecified atom stereocenters. The minimum Gasteiger partial charge on any atom is -0.330 e. The maximum atomic E-state index is 11.8. The molecule has 1 rings (SSSR count). The molecule has 102 valence electrons. The first-order chi connectivity index (χ1) is 8.56. The van der Waals surface area contributed by atoms with E-state index in [-0.39, 0.29) is 11.5 Å². The lowest BCUT2D eigenvalue weighted by molar-refractivity contribution is 0.306. The minimum atomic E-state index is -3.59. The third-order valence-electron chi connectivity index (χ3n) is 2.65. The zero-order chi connectivity index (χ0) is 13.4. The second kappa shape index (κ2) is 7.51. The van der Waals surface area contributed by atoms with Crippen LogP contribution in [0.5, 0.6) is 0 Å². The van der Waals surface area contributed by atoms with E-state index in [1.54, 1.807) is 24.3 Å². The summed E-state index contributed by atoms with van der Waals surface area (Å²) in [5, 5.41) is 0. The molecule has 0 amide bonds. The van der Waals surface area contributed by atoms with Crippen molar-refractivity contribution in [2.24, 2.45) is 5.73 Å². The average Bonchev–Trinajstić information content (AvgIpc) is 2.34. The van der Waals surface area contributed by atoms with Gasteiger partial charge < -0.3 is 5.73 Å². The van der Waals surface area contributed by atoms with Gasteiger partial charge in [0.15, 0.2) is 0 Å². The molecule has 0 aliphatic rings. The number of aryl methyl sites for hydroxylation is 1. The van der Waals surface area contributed by atoms with Crippen molar-refractivity contribution >= 4 is 10.1 Å². The summed E-state index contributed by atoms with van der Waals surface area (Å²) in [6.45, 7) is 2.83. The molecule has 2 N–H and O–H groups in total. The topological polar surface area (TPSA) is 69.4 Å². The SMILES string of the molecule is Cc1ccc(S(=O)(=O)OCCCCCCN)cc1. The van der Waals surface area contributed by atoms with Crippen LogP contribution in [0, 0.1) is 6.92 Å². The van der Waals surface area contributed by atoms with Gasteiger partial charge in [0.05, 0.1) is 11.5 Å². The van der Waals surface area contributed by atoms with E-state index in [2.05, 4.69) is 0 Å². The fraction of sp³-hybridized carbons (Fsp3) is 0.538. The molecule has 0 heterocycles. The first kappa shape index (κ1) is 15.1. The van der Waals surface area contributed by atoms with Crippen LogP contribution in [0.4, 0.5) is 0 Å². The Labute approximate surface area is 109 Å². The van der Waals surface area contributed by atoms with Crippen molar-refractivity contribution in [1.29, 1.82) is 0 Å². The molecule has 0 spiro atoms. The fourth-order valence-electron chi connectivity index (χ4n) is 1.54. The second-order valence-corrected chi connectivity index (χ2v) is 5.91. The number of unbranched alkanes of at least 4 members (excludes halogenated alkanes) is 3. The lowest BCUT2D eigenvalue weighted by atomic mass is 10.2. The molecule has 5 heteroatoms. The molecule has 0 radical (unpaired) electrons. The van der Waals surface area contributed by atoms with E-state index in [0.717, 1.165) is 31.2 Å². The van der Waals surface area contributed by atoms with Gasteiger partial charge in [-0.15, -0.1) is 0 Å². The summed E-state index contributed by atoms with van der Waals surface area (Å²) in [7, 11) is -3.59. The van der Waals surface area contributed by atoms with Crippen molar-refractivity contribution in [3.8, 4) is 0 Å². The van der Waals surface area contributed by atoms with E-state index in [1.165, 1.54) is 0 Å². The standard InChI is InChI=1S/C13H21NO3S/c1-12-6-8-13(9-7-12)18(15,16)17-11-5-3-2-4-10-14/h6-9H,2-5,10-11,14H2,1H3. The zero-order valence-corrected chi connectivity index (χ0v) is 11.6. The van der Waals surface area contributed by atoms with Crippen LogP contribution in [0.3, 0.4) is 0 Å². The molecule has 0 atom stereocenters. The van der Waals surface area contributed by atoms with Crippen LogP contribution in [0.15, 0.2) is 29.2 Å². The van der Waals surface area contributed by atoms with Gasteiger partial charge in [-0.05, 0) is 38.4 Å². The highest BCUT2D eigenvalue weighted by Gasteiger charge is 2.13. The van der Waals surface area contributed by atoms with Crippen LogP contribution in [0.25, 0.3) is 0 Å². The number of hydrogen-bond acceptors (Lipinski definition) is 4. The fourth-order valence-corrected chi connectivity index (χ4v) is 2.48. The summed E-state index contributed by atoms with van der Waals surface area (Å²) in [6.07, 6.45) is 3.68. The van der Waals surface area contributed by atoms with Gasteiger partial charge in [0.2, 0.25) is 0 Å². The Kier molecular flexibility index (Phi) is 6.32. The van der Waals surface area contributed by atoms with Gasteiger partial charge in [-0.1, -0.05) is 30.5 Å². The molecule has 18 heavy (non-hydrogen) atoms. The van der Waals surface area contributed by atoms with E-state index in [1.807, 2.05) is 6.92 Å². The molecule has 1 aromatic carbocycles. The number of benzene rings is 1. The highest BCUT2D eigenvalue weighted by Crippen LogP contribution is 2.13. The van der Waals surface area contributed by atoms with Crippen LogP contribution < -0.4 is 5.73 Å². The maximum Gasteiger partial charge on any atom is 0.296 e. The molecule has 0 saturated heterocycles. The quantitative estimate of drug-likeness (QED) is 0.581. The Morgan fingerprint density at radius 2 is 1.67 bits per heavy atom. The molecule has 0 aliphatic heterocycles. The lowest BCUT2D eigenvalue weighted by Crippen LogP contribution is -2.07.